The fourth-order valence-electron chi connectivity index (χ4n) is 8.99. The Bertz CT molecular complexity index is 997. The molecule has 0 saturated heterocycles. The van der Waals surface area contributed by atoms with Crippen LogP contribution in [0.2, 0.25) is 0 Å². The smallest absolute Gasteiger partial charge is 0.306 e. The van der Waals surface area contributed by atoms with Gasteiger partial charge in [-0.2, -0.15) is 0 Å². The van der Waals surface area contributed by atoms with Gasteiger partial charge in [0, 0.05) is 19.3 Å². The van der Waals surface area contributed by atoms with Crippen LogP contribution in [0.4, 0.5) is 0 Å². The van der Waals surface area contributed by atoms with E-state index in [1.165, 1.54) is 218 Å². The summed E-state index contributed by atoms with van der Waals surface area (Å²) in [7, 11) is 0. The summed E-state index contributed by atoms with van der Waals surface area (Å²) in [4.78, 5) is 38.1. The summed E-state index contributed by atoms with van der Waals surface area (Å²) in [5.74, 6) is 0.881. The van der Waals surface area contributed by atoms with Crippen LogP contribution in [0, 0.1) is 11.8 Å². The minimum absolute atomic E-state index is 0.0634. The first kappa shape index (κ1) is 63.4. The molecule has 0 spiro atoms. The Morgan fingerprint density at radius 2 is 0.538 bits per heavy atom. The van der Waals surface area contributed by atoms with Gasteiger partial charge in [-0.15, -0.1) is 0 Å². The Labute approximate surface area is 406 Å². The molecule has 0 radical (unpaired) electrons. The number of ether oxygens (including phenoxy) is 3. The number of carbonyl (C=O) groups is 3. The molecule has 2 unspecified atom stereocenters. The zero-order valence-electron chi connectivity index (χ0n) is 44.6. The molecule has 0 aliphatic rings. The van der Waals surface area contributed by atoms with Crippen LogP contribution in [-0.2, 0) is 28.6 Å². The van der Waals surface area contributed by atoms with Crippen LogP contribution in [0.5, 0.6) is 0 Å². The van der Waals surface area contributed by atoms with Gasteiger partial charge in [0.25, 0.3) is 0 Å². The van der Waals surface area contributed by atoms with Gasteiger partial charge in [-0.05, 0) is 31.1 Å². The zero-order valence-corrected chi connectivity index (χ0v) is 44.6. The maximum absolute atomic E-state index is 12.8. The number of hydrogen-bond acceptors (Lipinski definition) is 6. The van der Waals surface area contributed by atoms with E-state index in [4.69, 9.17) is 14.2 Å². The van der Waals surface area contributed by atoms with Crippen molar-refractivity contribution in [1.29, 1.82) is 0 Å². The van der Waals surface area contributed by atoms with Gasteiger partial charge in [-0.3, -0.25) is 14.4 Å². The molecule has 0 N–H and O–H groups in total. The highest BCUT2D eigenvalue weighted by Gasteiger charge is 2.19. The number of hydrogen-bond donors (Lipinski definition) is 0. The van der Waals surface area contributed by atoms with E-state index in [1.807, 2.05) is 0 Å². The van der Waals surface area contributed by atoms with E-state index in [0.29, 0.717) is 19.3 Å². The average Bonchev–Trinajstić information content (AvgIpc) is 3.30. The molecule has 0 heterocycles. The highest BCUT2D eigenvalue weighted by Crippen LogP contribution is 2.19. The quantitative estimate of drug-likeness (QED) is 0.0344. The predicted octanol–water partition coefficient (Wildman–Crippen LogP) is 19.3. The minimum atomic E-state index is -0.763. The molecule has 0 aromatic carbocycles. The normalized spacial score (nSPS) is 12.9. The number of esters is 3. The van der Waals surface area contributed by atoms with Gasteiger partial charge in [0.1, 0.15) is 13.2 Å². The Balaban J connectivity index is 4.20. The van der Waals surface area contributed by atoms with Crippen LogP contribution in [0.1, 0.15) is 330 Å². The summed E-state index contributed by atoms with van der Waals surface area (Å²) in [5.41, 5.74) is 0. The highest BCUT2D eigenvalue weighted by atomic mass is 16.6. The molecule has 65 heavy (non-hydrogen) atoms. The maximum Gasteiger partial charge on any atom is 0.306 e. The second kappa shape index (κ2) is 51.8. The van der Waals surface area contributed by atoms with E-state index in [2.05, 4.69) is 34.6 Å². The van der Waals surface area contributed by atoms with E-state index < -0.39 is 6.10 Å². The van der Waals surface area contributed by atoms with Crippen LogP contribution in [0.25, 0.3) is 0 Å². The second-order valence-corrected chi connectivity index (χ2v) is 20.8. The van der Waals surface area contributed by atoms with Crippen molar-refractivity contribution < 1.29 is 28.6 Å². The Morgan fingerprint density at radius 3 is 0.800 bits per heavy atom. The van der Waals surface area contributed by atoms with Crippen molar-refractivity contribution in [2.45, 2.75) is 336 Å². The lowest BCUT2D eigenvalue weighted by Crippen LogP contribution is -2.30. The second-order valence-electron chi connectivity index (χ2n) is 20.8. The largest absolute Gasteiger partial charge is 0.462 e. The highest BCUT2D eigenvalue weighted by molar-refractivity contribution is 5.71. The fraction of sp³-hybridized carbons (Fsp3) is 0.949. The Hall–Kier alpha value is -1.59. The van der Waals surface area contributed by atoms with Crippen molar-refractivity contribution in [3.05, 3.63) is 0 Å². The maximum atomic E-state index is 12.8. The summed E-state index contributed by atoms with van der Waals surface area (Å²) in [6.07, 6.45) is 55.3. The van der Waals surface area contributed by atoms with Crippen molar-refractivity contribution in [2.75, 3.05) is 13.2 Å². The zero-order chi connectivity index (χ0) is 47.5. The molecule has 3 atom stereocenters. The lowest BCUT2D eigenvalue weighted by Gasteiger charge is -2.18. The van der Waals surface area contributed by atoms with Gasteiger partial charge in [0.2, 0.25) is 0 Å². The summed E-state index contributed by atoms with van der Waals surface area (Å²) in [5, 5.41) is 0. The first-order valence-corrected chi connectivity index (χ1v) is 29.3. The number of rotatable bonds is 53. The van der Waals surface area contributed by atoms with E-state index >= 15 is 0 Å². The summed E-state index contributed by atoms with van der Waals surface area (Å²) in [6, 6.07) is 0. The predicted molar refractivity (Wildman–Crippen MR) is 280 cm³/mol. The van der Waals surface area contributed by atoms with E-state index in [0.717, 1.165) is 69.6 Å². The lowest BCUT2D eigenvalue weighted by molar-refractivity contribution is -0.167. The van der Waals surface area contributed by atoms with Gasteiger partial charge in [0.15, 0.2) is 6.10 Å². The molecule has 6 heteroatoms. The summed E-state index contributed by atoms with van der Waals surface area (Å²) < 4.78 is 16.9. The van der Waals surface area contributed by atoms with E-state index in [9.17, 15) is 14.4 Å². The van der Waals surface area contributed by atoms with Crippen molar-refractivity contribution in [3.63, 3.8) is 0 Å². The average molecular weight is 920 g/mol. The fourth-order valence-corrected chi connectivity index (χ4v) is 8.99. The first-order valence-electron chi connectivity index (χ1n) is 29.3. The van der Waals surface area contributed by atoms with Crippen molar-refractivity contribution in [1.82, 2.24) is 0 Å². The molecule has 0 fully saturated rings. The third-order valence-electron chi connectivity index (χ3n) is 14.2. The third kappa shape index (κ3) is 50.1. The standard InChI is InChI=1S/C59H114O6/c1-6-9-10-11-12-13-14-15-20-25-28-31-34-41-46-51-59(62)65-56(53-64-58(61)50-45-40-36-35-38-43-48-55(5)8-3)52-63-57(60)49-44-39-33-30-27-24-22-19-17-16-18-21-23-26-29-32-37-42-47-54(4)7-2/h54-56H,6-53H2,1-5H3/t54?,55?,56-/m0/s1. The van der Waals surface area contributed by atoms with E-state index in [-0.39, 0.29) is 31.1 Å². The van der Waals surface area contributed by atoms with Gasteiger partial charge < -0.3 is 14.2 Å². The van der Waals surface area contributed by atoms with E-state index in [1.54, 1.807) is 0 Å². The van der Waals surface area contributed by atoms with Crippen molar-refractivity contribution in [2.24, 2.45) is 11.8 Å². The molecule has 6 nitrogen and oxygen atoms in total. The van der Waals surface area contributed by atoms with Crippen LogP contribution in [-0.4, -0.2) is 37.2 Å². The molecule has 386 valence electrons. The Kier molecular flexibility index (Phi) is 50.5. The van der Waals surface area contributed by atoms with Gasteiger partial charge in [-0.25, -0.2) is 0 Å². The summed E-state index contributed by atoms with van der Waals surface area (Å²) in [6.45, 7) is 11.4. The molecule has 0 aromatic heterocycles. The van der Waals surface area contributed by atoms with Crippen LogP contribution >= 0.6 is 0 Å². The molecular weight excluding hydrogens is 805 g/mol. The number of unbranched alkanes of at least 4 members (excludes halogenated alkanes) is 36. The van der Waals surface area contributed by atoms with Crippen LogP contribution < -0.4 is 0 Å². The van der Waals surface area contributed by atoms with Crippen LogP contribution in [0.3, 0.4) is 0 Å². The molecule has 0 bridgehead atoms. The molecule has 0 amide bonds. The van der Waals surface area contributed by atoms with Gasteiger partial charge >= 0.3 is 17.9 Å². The third-order valence-corrected chi connectivity index (χ3v) is 14.2. The monoisotopic (exact) mass is 919 g/mol. The van der Waals surface area contributed by atoms with Crippen molar-refractivity contribution >= 4 is 17.9 Å². The minimum Gasteiger partial charge on any atom is -0.462 e. The molecule has 0 aliphatic carbocycles. The first-order chi connectivity index (χ1) is 31.8. The SMILES string of the molecule is CCCCCCCCCCCCCCCCCC(=O)O[C@@H](COC(=O)CCCCCCCCCCCCCCCCCCCCC(C)CC)COC(=O)CCCCCCCCC(C)CC. The molecule has 0 rings (SSSR count). The Morgan fingerprint density at radius 1 is 0.308 bits per heavy atom. The molecule has 0 saturated carbocycles. The van der Waals surface area contributed by atoms with Crippen molar-refractivity contribution in [3.8, 4) is 0 Å². The topological polar surface area (TPSA) is 78.9 Å². The molecule has 0 aromatic rings. The van der Waals surface area contributed by atoms with Gasteiger partial charge in [0.05, 0.1) is 0 Å². The molecular formula is C59H114O6. The lowest BCUT2D eigenvalue weighted by atomic mass is 9.99. The van der Waals surface area contributed by atoms with Gasteiger partial charge in [-0.1, -0.05) is 291 Å². The summed E-state index contributed by atoms with van der Waals surface area (Å²) >= 11 is 0. The van der Waals surface area contributed by atoms with Crippen LogP contribution in [0.15, 0.2) is 0 Å². The number of carbonyl (C=O) groups excluding carboxylic acids is 3. The molecule has 0 aliphatic heterocycles.